The van der Waals surface area contributed by atoms with Gasteiger partial charge in [0.1, 0.15) is 0 Å². The molecule has 0 bridgehead atoms. The molecule has 1 aliphatic carbocycles. The molecular weight excluding hydrogens is 234 g/mol. The summed E-state index contributed by atoms with van der Waals surface area (Å²) in [6.45, 7) is 0. The van der Waals surface area contributed by atoms with Crippen molar-refractivity contribution in [3.8, 4) is 11.5 Å². The van der Waals surface area contributed by atoms with Crippen molar-refractivity contribution < 1.29 is 9.47 Å². The quantitative estimate of drug-likeness (QED) is 0.818. The van der Waals surface area contributed by atoms with Gasteiger partial charge in [-0.3, -0.25) is 4.98 Å². The van der Waals surface area contributed by atoms with E-state index in [4.69, 9.17) is 9.47 Å². The molecule has 4 heteroatoms. The molecular formula is C9H10BrNO2. The number of pyridine rings is 1. The molecule has 0 saturated heterocycles. The number of halogens is 1. The molecule has 0 N–H and O–H groups in total. The summed E-state index contributed by atoms with van der Waals surface area (Å²) in [6.07, 6.45) is 6.01. The Morgan fingerprint density at radius 1 is 1.46 bits per heavy atom. The van der Waals surface area contributed by atoms with Gasteiger partial charge in [0.25, 0.3) is 0 Å². The van der Waals surface area contributed by atoms with Gasteiger partial charge in [-0.1, -0.05) is 0 Å². The molecule has 0 spiro atoms. The van der Waals surface area contributed by atoms with Gasteiger partial charge in [0, 0.05) is 6.20 Å². The van der Waals surface area contributed by atoms with Crippen molar-refractivity contribution >= 4 is 15.9 Å². The molecule has 1 aromatic heterocycles. The number of ether oxygens (including phenoxy) is 2. The zero-order valence-corrected chi connectivity index (χ0v) is 8.87. The number of rotatable bonds is 3. The van der Waals surface area contributed by atoms with E-state index in [9.17, 15) is 0 Å². The Hall–Kier alpha value is -0.770. The van der Waals surface area contributed by atoms with E-state index in [-0.39, 0.29) is 0 Å². The molecule has 0 amide bonds. The summed E-state index contributed by atoms with van der Waals surface area (Å²) in [5.41, 5.74) is 0. The van der Waals surface area contributed by atoms with Crippen molar-refractivity contribution in [2.24, 2.45) is 0 Å². The standard InChI is InChI=1S/C9H10BrNO2/c1-12-8-5-11-4-7(10)9(8)13-6-2-3-6/h4-6H,2-3H2,1H3. The molecule has 1 aliphatic rings. The molecule has 2 rings (SSSR count). The number of aromatic nitrogens is 1. The van der Waals surface area contributed by atoms with E-state index >= 15 is 0 Å². The van der Waals surface area contributed by atoms with Gasteiger partial charge in [0.2, 0.25) is 0 Å². The Labute approximate surface area is 85.2 Å². The summed E-state index contributed by atoms with van der Waals surface area (Å²) in [5, 5.41) is 0. The molecule has 1 heterocycles. The third-order valence-electron chi connectivity index (χ3n) is 1.85. The fourth-order valence-electron chi connectivity index (χ4n) is 1.02. The Balaban J connectivity index is 2.27. The zero-order valence-electron chi connectivity index (χ0n) is 7.29. The predicted octanol–water partition coefficient (Wildman–Crippen LogP) is 2.39. The first-order valence-electron chi connectivity index (χ1n) is 4.15. The van der Waals surface area contributed by atoms with E-state index in [1.165, 1.54) is 0 Å². The number of nitrogens with zero attached hydrogens (tertiary/aromatic N) is 1. The summed E-state index contributed by atoms with van der Waals surface area (Å²) in [5.74, 6) is 1.45. The smallest absolute Gasteiger partial charge is 0.180 e. The van der Waals surface area contributed by atoms with Crippen LogP contribution in [-0.2, 0) is 0 Å². The highest BCUT2D eigenvalue weighted by atomic mass is 79.9. The van der Waals surface area contributed by atoms with Crippen molar-refractivity contribution in [1.29, 1.82) is 0 Å². The second kappa shape index (κ2) is 3.54. The number of methoxy groups -OCH3 is 1. The van der Waals surface area contributed by atoms with E-state index in [2.05, 4.69) is 20.9 Å². The Morgan fingerprint density at radius 2 is 2.23 bits per heavy atom. The minimum Gasteiger partial charge on any atom is -0.491 e. The second-order valence-electron chi connectivity index (χ2n) is 2.97. The summed E-state index contributed by atoms with van der Waals surface area (Å²) >= 11 is 3.38. The lowest BCUT2D eigenvalue weighted by Gasteiger charge is -2.10. The van der Waals surface area contributed by atoms with Crippen LogP contribution in [0.2, 0.25) is 0 Å². The maximum atomic E-state index is 5.67. The van der Waals surface area contributed by atoms with Gasteiger partial charge in [-0.25, -0.2) is 0 Å². The summed E-state index contributed by atoms with van der Waals surface area (Å²) < 4.78 is 11.6. The van der Waals surface area contributed by atoms with E-state index in [0.29, 0.717) is 11.9 Å². The van der Waals surface area contributed by atoms with Crippen LogP contribution in [0.1, 0.15) is 12.8 Å². The topological polar surface area (TPSA) is 31.4 Å². The van der Waals surface area contributed by atoms with Crippen LogP contribution in [0.3, 0.4) is 0 Å². The number of hydrogen-bond acceptors (Lipinski definition) is 3. The molecule has 70 valence electrons. The lowest BCUT2D eigenvalue weighted by molar-refractivity contribution is 0.279. The van der Waals surface area contributed by atoms with Gasteiger partial charge in [-0.2, -0.15) is 0 Å². The van der Waals surface area contributed by atoms with Crippen LogP contribution < -0.4 is 9.47 Å². The normalized spacial score (nSPS) is 15.5. The first-order chi connectivity index (χ1) is 6.31. The van der Waals surface area contributed by atoms with Gasteiger partial charge in [-0.15, -0.1) is 0 Å². The molecule has 0 aliphatic heterocycles. The minimum atomic E-state index is 0.368. The van der Waals surface area contributed by atoms with E-state index < -0.39 is 0 Å². The summed E-state index contributed by atoms with van der Waals surface area (Å²) in [4.78, 5) is 3.99. The molecule has 0 aromatic carbocycles. The van der Waals surface area contributed by atoms with Gasteiger partial charge in [-0.05, 0) is 28.8 Å². The first kappa shape index (κ1) is 8.81. The first-order valence-corrected chi connectivity index (χ1v) is 4.94. The highest BCUT2D eigenvalue weighted by molar-refractivity contribution is 9.10. The van der Waals surface area contributed by atoms with Crippen molar-refractivity contribution in [2.75, 3.05) is 7.11 Å². The second-order valence-corrected chi connectivity index (χ2v) is 3.82. The van der Waals surface area contributed by atoms with Crippen molar-refractivity contribution in [2.45, 2.75) is 18.9 Å². The molecule has 3 nitrogen and oxygen atoms in total. The van der Waals surface area contributed by atoms with Crippen LogP contribution >= 0.6 is 15.9 Å². The maximum absolute atomic E-state index is 5.67. The van der Waals surface area contributed by atoms with Crippen molar-refractivity contribution in [3.63, 3.8) is 0 Å². The summed E-state index contributed by atoms with van der Waals surface area (Å²) in [6, 6.07) is 0. The predicted molar refractivity (Wildman–Crippen MR) is 52.1 cm³/mol. The Bertz CT molecular complexity index is 312. The van der Waals surface area contributed by atoms with E-state index in [1.807, 2.05) is 0 Å². The highest BCUT2D eigenvalue weighted by Crippen LogP contribution is 2.38. The van der Waals surface area contributed by atoms with Gasteiger partial charge >= 0.3 is 0 Å². The monoisotopic (exact) mass is 243 g/mol. The van der Waals surface area contributed by atoms with Crippen molar-refractivity contribution in [1.82, 2.24) is 4.98 Å². The van der Waals surface area contributed by atoms with Crippen LogP contribution in [0.5, 0.6) is 11.5 Å². The van der Waals surface area contributed by atoms with Gasteiger partial charge in [0.05, 0.1) is 23.9 Å². The largest absolute Gasteiger partial charge is 0.491 e. The average Bonchev–Trinajstić information content (AvgIpc) is 2.92. The SMILES string of the molecule is COc1cncc(Br)c1OC1CC1. The zero-order chi connectivity index (χ0) is 9.26. The lowest BCUT2D eigenvalue weighted by atomic mass is 10.4. The number of hydrogen-bond donors (Lipinski definition) is 0. The molecule has 1 saturated carbocycles. The Kier molecular flexibility index (Phi) is 2.40. The third kappa shape index (κ3) is 1.94. The Morgan fingerprint density at radius 3 is 2.85 bits per heavy atom. The van der Waals surface area contributed by atoms with Crippen molar-refractivity contribution in [3.05, 3.63) is 16.9 Å². The molecule has 1 aromatic rings. The fourth-order valence-corrected chi connectivity index (χ4v) is 1.42. The van der Waals surface area contributed by atoms with E-state index in [1.54, 1.807) is 19.5 Å². The van der Waals surface area contributed by atoms with Crippen LogP contribution in [0.25, 0.3) is 0 Å². The van der Waals surface area contributed by atoms with Gasteiger partial charge < -0.3 is 9.47 Å². The van der Waals surface area contributed by atoms with E-state index in [0.717, 1.165) is 23.1 Å². The fraction of sp³-hybridized carbons (Fsp3) is 0.444. The molecule has 13 heavy (non-hydrogen) atoms. The third-order valence-corrected chi connectivity index (χ3v) is 2.41. The van der Waals surface area contributed by atoms with Gasteiger partial charge in [0.15, 0.2) is 11.5 Å². The molecule has 0 atom stereocenters. The average molecular weight is 244 g/mol. The summed E-state index contributed by atoms with van der Waals surface area (Å²) in [7, 11) is 1.61. The highest BCUT2D eigenvalue weighted by Gasteiger charge is 2.26. The van der Waals surface area contributed by atoms with Crippen LogP contribution in [-0.4, -0.2) is 18.2 Å². The van der Waals surface area contributed by atoms with Crippen LogP contribution in [0.15, 0.2) is 16.9 Å². The van der Waals surface area contributed by atoms with Crippen LogP contribution in [0.4, 0.5) is 0 Å². The lowest BCUT2D eigenvalue weighted by Crippen LogP contribution is -1.99. The minimum absolute atomic E-state index is 0.368. The van der Waals surface area contributed by atoms with Crippen LogP contribution in [0, 0.1) is 0 Å². The molecule has 1 fully saturated rings. The molecule has 0 radical (unpaired) electrons. The molecule has 0 unspecified atom stereocenters. The maximum Gasteiger partial charge on any atom is 0.180 e.